The molecular formula is C18H13F2NO3. The third-order valence-electron chi connectivity index (χ3n) is 3.50. The van der Waals surface area contributed by atoms with Gasteiger partial charge in [-0.3, -0.25) is 4.79 Å². The van der Waals surface area contributed by atoms with Crippen molar-refractivity contribution >= 4 is 5.91 Å². The van der Waals surface area contributed by atoms with Crippen LogP contribution in [0.25, 0.3) is 0 Å². The van der Waals surface area contributed by atoms with Crippen molar-refractivity contribution in [2.24, 2.45) is 0 Å². The molecule has 0 radical (unpaired) electrons. The lowest BCUT2D eigenvalue weighted by Crippen LogP contribution is -2.30. The summed E-state index contributed by atoms with van der Waals surface area (Å²) >= 11 is 0. The van der Waals surface area contributed by atoms with E-state index in [1.54, 1.807) is 36.4 Å². The van der Waals surface area contributed by atoms with Crippen LogP contribution in [0.4, 0.5) is 8.78 Å². The number of furan rings is 1. The molecule has 3 aromatic rings. The van der Waals surface area contributed by atoms with Crippen molar-refractivity contribution in [2.75, 3.05) is 0 Å². The van der Waals surface area contributed by atoms with Crippen LogP contribution in [-0.4, -0.2) is 11.0 Å². The zero-order chi connectivity index (χ0) is 17.1. The predicted molar refractivity (Wildman–Crippen MR) is 82.5 cm³/mol. The molecule has 3 rings (SSSR count). The van der Waals surface area contributed by atoms with Gasteiger partial charge in [0, 0.05) is 12.1 Å². The van der Waals surface area contributed by atoms with Gasteiger partial charge in [0.2, 0.25) is 0 Å². The van der Waals surface area contributed by atoms with Crippen LogP contribution in [0.5, 0.6) is 5.75 Å². The lowest BCUT2D eigenvalue weighted by atomic mass is 10.0. The van der Waals surface area contributed by atoms with Crippen molar-refractivity contribution in [1.29, 1.82) is 0 Å². The van der Waals surface area contributed by atoms with Crippen LogP contribution < -0.4 is 5.32 Å². The number of phenolic OH excluding ortho intramolecular Hbond substituents is 1. The van der Waals surface area contributed by atoms with Crippen molar-refractivity contribution in [2.45, 2.75) is 6.04 Å². The van der Waals surface area contributed by atoms with Gasteiger partial charge in [0.25, 0.3) is 5.91 Å². The summed E-state index contributed by atoms with van der Waals surface area (Å²) in [6.07, 6.45) is 1.45. The molecule has 2 aromatic carbocycles. The Morgan fingerprint density at radius 1 is 1.08 bits per heavy atom. The van der Waals surface area contributed by atoms with E-state index < -0.39 is 34.9 Å². The number of benzene rings is 2. The van der Waals surface area contributed by atoms with Crippen molar-refractivity contribution in [3.05, 3.63) is 89.4 Å². The molecule has 0 aliphatic heterocycles. The molecule has 0 saturated heterocycles. The first-order chi connectivity index (χ1) is 11.6. The third kappa shape index (κ3) is 3.12. The molecule has 0 spiro atoms. The van der Waals surface area contributed by atoms with Gasteiger partial charge < -0.3 is 14.8 Å². The van der Waals surface area contributed by atoms with E-state index in [0.717, 1.165) is 0 Å². The predicted octanol–water partition coefficient (Wildman–Crippen LogP) is 3.78. The Labute approximate surface area is 136 Å². The summed E-state index contributed by atoms with van der Waals surface area (Å²) in [5, 5.41) is 12.3. The molecule has 24 heavy (non-hydrogen) atoms. The second-order valence-electron chi connectivity index (χ2n) is 5.11. The maximum atomic E-state index is 13.9. The van der Waals surface area contributed by atoms with E-state index >= 15 is 0 Å². The Morgan fingerprint density at radius 2 is 1.83 bits per heavy atom. The van der Waals surface area contributed by atoms with Gasteiger partial charge in [0.15, 0.2) is 0 Å². The number of nitrogens with one attached hydrogen (secondary N) is 1. The van der Waals surface area contributed by atoms with E-state index in [2.05, 4.69) is 5.32 Å². The molecule has 0 bridgehead atoms. The summed E-state index contributed by atoms with van der Waals surface area (Å²) in [5.41, 5.74) is 0.0895. The highest BCUT2D eigenvalue weighted by atomic mass is 19.1. The van der Waals surface area contributed by atoms with Gasteiger partial charge in [-0.1, -0.05) is 30.3 Å². The van der Waals surface area contributed by atoms with Gasteiger partial charge in [-0.15, -0.1) is 0 Å². The number of phenols is 1. The van der Waals surface area contributed by atoms with Gasteiger partial charge in [0.05, 0.1) is 6.26 Å². The van der Waals surface area contributed by atoms with Crippen molar-refractivity contribution in [3.63, 3.8) is 0 Å². The Balaban J connectivity index is 1.96. The van der Waals surface area contributed by atoms with Gasteiger partial charge >= 0.3 is 0 Å². The second-order valence-corrected chi connectivity index (χ2v) is 5.11. The largest absolute Gasteiger partial charge is 0.507 e. The minimum atomic E-state index is -1.14. The lowest BCUT2D eigenvalue weighted by molar-refractivity contribution is 0.0932. The molecule has 122 valence electrons. The van der Waals surface area contributed by atoms with Gasteiger partial charge in [0.1, 0.15) is 34.7 Å². The standard InChI is InChI=1S/C18H13F2NO3/c19-12-9-13(20)16(14(22)10-12)18(23)21-17(15-7-4-8-24-15)11-5-2-1-3-6-11/h1-10,17,22H,(H,21,23)/t17-/m1/s1. The lowest BCUT2D eigenvalue weighted by Gasteiger charge is -2.18. The Morgan fingerprint density at radius 3 is 2.46 bits per heavy atom. The minimum Gasteiger partial charge on any atom is -0.507 e. The van der Waals surface area contributed by atoms with Crippen molar-refractivity contribution in [1.82, 2.24) is 5.32 Å². The molecule has 1 aromatic heterocycles. The number of carbonyl (C=O) groups is 1. The van der Waals surface area contributed by atoms with E-state index in [4.69, 9.17) is 4.42 Å². The molecule has 0 unspecified atom stereocenters. The summed E-state index contributed by atoms with van der Waals surface area (Å²) in [5.74, 6) is -3.31. The number of halogens is 2. The summed E-state index contributed by atoms with van der Waals surface area (Å²) in [6, 6.07) is 12.8. The maximum absolute atomic E-state index is 13.9. The summed E-state index contributed by atoms with van der Waals surface area (Å²) in [6.45, 7) is 0. The van der Waals surface area contributed by atoms with E-state index in [0.29, 0.717) is 23.5 Å². The molecule has 0 aliphatic rings. The van der Waals surface area contributed by atoms with Crippen LogP contribution >= 0.6 is 0 Å². The average Bonchev–Trinajstić information content (AvgIpc) is 3.06. The van der Waals surface area contributed by atoms with Gasteiger partial charge in [-0.25, -0.2) is 8.78 Å². The number of hydrogen-bond donors (Lipinski definition) is 2. The van der Waals surface area contributed by atoms with Crippen LogP contribution in [0.3, 0.4) is 0 Å². The van der Waals surface area contributed by atoms with Gasteiger partial charge in [-0.05, 0) is 17.7 Å². The summed E-state index contributed by atoms with van der Waals surface area (Å²) in [4.78, 5) is 12.4. The smallest absolute Gasteiger partial charge is 0.258 e. The molecule has 6 heteroatoms. The maximum Gasteiger partial charge on any atom is 0.258 e. The van der Waals surface area contributed by atoms with Crippen LogP contribution in [-0.2, 0) is 0 Å². The van der Waals surface area contributed by atoms with Crippen LogP contribution in [0, 0.1) is 11.6 Å². The molecule has 1 heterocycles. The third-order valence-corrected chi connectivity index (χ3v) is 3.50. The summed E-state index contributed by atoms with van der Waals surface area (Å²) < 4.78 is 32.3. The fourth-order valence-corrected chi connectivity index (χ4v) is 2.41. The Hall–Kier alpha value is -3.15. The molecule has 1 amide bonds. The first kappa shape index (κ1) is 15.7. The highest BCUT2D eigenvalue weighted by molar-refractivity contribution is 5.97. The van der Waals surface area contributed by atoms with Crippen molar-refractivity contribution < 1.29 is 23.1 Å². The van der Waals surface area contributed by atoms with Crippen LogP contribution in [0.15, 0.2) is 65.3 Å². The van der Waals surface area contributed by atoms with E-state index in [-0.39, 0.29) is 0 Å². The number of carbonyl (C=O) groups excluding carboxylic acids is 1. The first-order valence-corrected chi connectivity index (χ1v) is 7.13. The fraction of sp³-hybridized carbons (Fsp3) is 0.0556. The molecular weight excluding hydrogens is 316 g/mol. The molecule has 0 fully saturated rings. The number of hydrogen-bond acceptors (Lipinski definition) is 3. The monoisotopic (exact) mass is 329 g/mol. The molecule has 4 nitrogen and oxygen atoms in total. The fourth-order valence-electron chi connectivity index (χ4n) is 2.41. The molecule has 1 atom stereocenters. The zero-order valence-electron chi connectivity index (χ0n) is 12.4. The number of amides is 1. The molecule has 2 N–H and O–H groups in total. The minimum absolute atomic E-state index is 0.441. The van der Waals surface area contributed by atoms with E-state index in [9.17, 15) is 18.7 Å². The topological polar surface area (TPSA) is 62.5 Å². The number of aromatic hydroxyl groups is 1. The van der Waals surface area contributed by atoms with E-state index in [1.807, 2.05) is 6.07 Å². The Bertz CT molecular complexity index is 825. The second kappa shape index (κ2) is 6.54. The SMILES string of the molecule is O=C(N[C@H](c1ccccc1)c1ccco1)c1c(O)cc(F)cc1F. The Kier molecular flexibility index (Phi) is 4.29. The number of rotatable bonds is 4. The summed E-state index contributed by atoms with van der Waals surface area (Å²) in [7, 11) is 0. The first-order valence-electron chi connectivity index (χ1n) is 7.13. The normalized spacial score (nSPS) is 11.9. The zero-order valence-corrected chi connectivity index (χ0v) is 12.4. The average molecular weight is 329 g/mol. The highest BCUT2D eigenvalue weighted by Gasteiger charge is 2.24. The van der Waals surface area contributed by atoms with Crippen LogP contribution in [0.2, 0.25) is 0 Å². The molecule has 0 aliphatic carbocycles. The van der Waals surface area contributed by atoms with Gasteiger partial charge in [-0.2, -0.15) is 0 Å². The molecule has 0 saturated carbocycles. The van der Waals surface area contributed by atoms with E-state index in [1.165, 1.54) is 6.26 Å². The van der Waals surface area contributed by atoms with Crippen molar-refractivity contribution in [3.8, 4) is 5.75 Å². The van der Waals surface area contributed by atoms with Crippen LogP contribution in [0.1, 0.15) is 27.7 Å². The quantitative estimate of drug-likeness (QED) is 0.766. The highest BCUT2D eigenvalue weighted by Crippen LogP contribution is 2.26.